The van der Waals surface area contributed by atoms with Crippen molar-refractivity contribution in [1.29, 1.82) is 0 Å². The van der Waals surface area contributed by atoms with Gasteiger partial charge in [0.2, 0.25) is 0 Å². The normalized spacial score (nSPS) is 44.5. The molecule has 4 aliphatic carbocycles. The largest absolute Gasteiger partial charge is 0.390 e. The van der Waals surface area contributed by atoms with Gasteiger partial charge >= 0.3 is 0 Å². The summed E-state index contributed by atoms with van der Waals surface area (Å²) in [4.78, 5) is 2.42. The average molecular weight is 502 g/mol. The summed E-state index contributed by atoms with van der Waals surface area (Å²) in [6.07, 6.45) is 16.9. The number of hydrogen-bond donors (Lipinski definition) is 3. The monoisotopic (exact) mass is 501 g/mol. The molecule has 5 fully saturated rings. The Bertz CT molecular complexity index is 714. The molecule has 36 heavy (non-hydrogen) atoms. The van der Waals surface area contributed by atoms with E-state index in [-0.39, 0.29) is 6.10 Å². The number of unbranched alkanes of at least 4 members (excludes halogenated alkanes) is 1. The van der Waals surface area contributed by atoms with E-state index in [0.29, 0.717) is 23.4 Å². The molecule has 5 aliphatic rings. The lowest BCUT2D eigenvalue weighted by atomic mass is 9.62. The lowest BCUT2D eigenvalue weighted by molar-refractivity contribution is 0.0483. The Kier molecular flexibility index (Phi) is 8.48. The first-order valence-corrected chi connectivity index (χ1v) is 16.1. The Hall–Kier alpha value is -0.160. The minimum atomic E-state index is -0.368. The van der Waals surface area contributed by atoms with Gasteiger partial charge in [-0.05, 0) is 136 Å². The van der Waals surface area contributed by atoms with Crippen LogP contribution in [-0.2, 0) is 0 Å². The topological polar surface area (TPSA) is 61.5 Å². The molecule has 1 heterocycles. The third-order valence-electron chi connectivity index (χ3n) is 13.5. The van der Waals surface area contributed by atoms with Crippen LogP contribution in [0, 0.1) is 52.3 Å². The second-order valence-electron chi connectivity index (χ2n) is 14.8. The van der Waals surface area contributed by atoms with E-state index in [0.717, 1.165) is 61.1 Å². The molecule has 208 valence electrons. The van der Waals surface area contributed by atoms with Crippen molar-refractivity contribution in [1.82, 2.24) is 10.2 Å². The van der Waals surface area contributed by atoms with Gasteiger partial charge in [0.05, 0.1) is 6.10 Å². The summed E-state index contributed by atoms with van der Waals surface area (Å²) in [6, 6.07) is 0.685. The van der Waals surface area contributed by atoms with Crippen LogP contribution in [0.5, 0.6) is 0 Å². The Morgan fingerprint density at radius 2 is 1.58 bits per heavy atom. The molecule has 4 bridgehead atoms. The van der Waals surface area contributed by atoms with Crippen LogP contribution in [-0.4, -0.2) is 54.9 Å². The Labute approximate surface area is 222 Å². The quantitative estimate of drug-likeness (QED) is 0.301. The number of rotatable bonds is 12. The molecule has 0 aromatic heterocycles. The number of piperidine rings is 1. The van der Waals surface area contributed by atoms with Gasteiger partial charge in [-0.2, -0.15) is 0 Å². The Morgan fingerprint density at radius 3 is 2.19 bits per heavy atom. The van der Waals surface area contributed by atoms with E-state index in [1.807, 2.05) is 0 Å². The van der Waals surface area contributed by atoms with E-state index in [1.165, 1.54) is 83.6 Å². The third-order valence-corrected chi connectivity index (χ3v) is 13.5. The van der Waals surface area contributed by atoms with E-state index in [2.05, 4.69) is 37.9 Å². The zero-order valence-corrected chi connectivity index (χ0v) is 24.2. The van der Waals surface area contributed by atoms with Gasteiger partial charge in [0.25, 0.3) is 0 Å². The SMILES string of the molecule is CC1C2CCC(C2)C1(C)CCCCC(NCC1CCN(CC(O)CN)CC1)C1(C)C2CCC(C2)C1C. The number of hydrogen-bond acceptors (Lipinski definition) is 4. The molecule has 0 aromatic carbocycles. The first-order chi connectivity index (χ1) is 17.3. The molecule has 0 radical (unpaired) electrons. The van der Waals surface area contributed by atoms with E-state index in [1.54, 1.807) is 0 Å². The Balaban J connectivity index is 1.14. The second-order valence-corrected chi connectivity index (χ2v) is 14.8. The van der Waals surface area contributed by atoms with Crippen LogP contribution in [0.15, 0.2) is 0 Å². The molecule has 4 N–H and O–H groups in total. The number of nitrogens with zero attached hydrogens (tertiary/aromatic N) is 1. The number of nitrogens with one attached hydrogen (secondary N) is 1. The maximum atomic E-state index is 9.93. The molecule has 0 spiro atoms. The molecular weight excluding hydrogens is 442 g/mol. The highest BCUT2D eigenvalue weighted by molar-refractivity contribution is 5.08. The molecule has 4 heteroatoms. The zero-order chi connectivity index (χ0) is 25.5. The van der Waals surface area contributed by atoms with Gasteiger partial charge in [0.15, 0.2) is 0 Å². The van der Waals surface area contributed by atoms with Crippen molar-refractivity contribution in [3.8, 4) is 0 Å². The predicted molar refractivity (Wildman–Crippen MR) is 151 cm³/mol. The van der Waals surface area contributed by atoms with Crippen LogP contribution in [0.3, 0.4) is 0 Å². The molecule has 10 unspecified atom stereocenters. The fourth-order valence-electron chi connectivity index (χ4n) is 10.5. The average Bonchev–Trinajstić information content (AvgIpc) is 3.65. The summed E-state index contributed by atoms with van der Waals surface area (Å²) in [7, 11) is 0. The highest BCUT2D eigenvalue weighted by atomic mass is 16.3. The fourth-order valence-corrected chi connectivity index (χ4v) is 10.5. The maximum absolute atomic E-state index is 9.93. The summed E-state index contributed by atoms with van der Waals surface area (Å²) in [5, 5.41) is 14.2. The molecule has 4 saturated carbocycles. The lowest BCUT2D eigenvalue weighted by Crippen LogP contribution is -2.52. The van der Waals surface area contributed by atoms with E-state index in [9.17, 15) is 5.11 Å². The highest BCUT2D eigenvalue weighted by Crippen LogP contribution is 2.62. The molecule has 5 rings (SSSR count). The van der Waals surface area contributed by atoms with Crippen LogP contribution < -0.4 is 11.1 Å². The minimum absolute atomic E-state index is 0.368. The first-order valence-electron chi connectivity index (χ1n) is 16.1. The number of aliphatic hydroxyl groups is 1. The van der Waals surface area contributed by atoms with E-state index in [4.69, 9.17) is 5.73 Å². The molecule has 4 nitrogen and oxygen atoms in total. The van der Waals surface area contributed by atoms with Gasteiger partial charge in [-0.3, -0.25) is 0 Å². The van der Waals surface area contributed by atoms with Gasteiger partial charge in [0.1, 0.15) is 0 Å². The molecule has 10 atom stereocenters. The summed E-state index contributed by atoms with van der Waals surface area (Å²) in [5.74, 6) is 6.58. The van der Waals surface area contributed by atoms with Crippen molar-refractivity contribution in [2.75, 3.05) is 32.7 Å². The van der Waals surface area contributed by atoms with Crippen molar-refractivity contribution >= 4 is 0 Å². The van der Waals surface area contributed by atoms with Crippen molar-refractivity contribution in [3.63, 3.8) is 0 Å². The molecule has 1 aliphatic heterocycles. The summed E-state index contributed by atoms with van der Waals surface area (Å²) in [6.45, 7) is 15.0. The first kappa shape index (κ1) is 27.4. The van der Waals surface area contributed by atoms with E-state index >= 15 is 0 Å². The molecular formula is C32H59N3O. The molecule has 0 aromatic rings. The summed E-state index contributed by atoms with van der Waals surface area (Å²) in [5.41, 5.74) is 6.75. The second kappa shape index (κ2) is 11.1. The van der Waals surface area contributed by atoms with Crippen molar-refractivity contribution in [2.45, 2.75) is 117 Å². The van der Waals surface area contributed by atoms with Gasteiger partial charge < -0.3 is 21.1 Å². The third kappa shape index (κ3) is 5.07. The number of fused-ring (bicyclic) bond motifs is 4. The number of aliphatic hydroxyl groups excluding tert-OH is 1. The van der Waals surface area contributed by atoms with Crippen LogP contribution >= 0.6 is 0 Å². The van der Waals surface area contributed by atoms with Gasteiger partial charge in [-0.15, -0.1) is 0 Å². The maximum Gasteiger partial charge on any atom is 0.0789 e. The van der Waals surface area contributed by atoms with Crippen molar-refractivity contribution in [3.05, 3.63) is 0 Å². The standard InChI is InChI=1S/C32H59N3O/c1-22-25-8-10-27(17-25)31(22,3)14-6-5-7-30(32(4)23(2)26-9-11-28(32)18-26)34-20-24-12-15-35(16-13-24)21-29(36)19-33/h22-30,34,36H,5-21,33H2,1-4H3. The van der Waals surface area contributed by atoms with Crippen LogP contribution in [0.1, 0.15) is 105 Å². The number of β-amino-alcohol motifs (C(OH)–C–C–N with tert-alkyl or cyclic N) is 1. The summed E-state index contributed by atoms with van der Waals surface area (Å²) >= 11 is 0. The zero-order valence-electron chi connectivity index (χ0n) is 24.2. The van der Waals surface area contributed by atoms with Gasteiger partial charge in [0, 0.05) is 19.1 Å². The Morgan fingerprint density at radius 1 is 0.917 bits per heavy atom. The van der Waals surface area contributed by atoms with Crippen molar-refractivity contribution in [2.24, 2.45) is 58.0 Å². The van der Waals surface area contributed by atoms with Crippen LogP contribution in [0.4, 0.5) is 0 Å². The smallest absolute Gasteiger partial charge is 0.0789 e. The van der Waals surface area contributed by atoms with E-state index < -0.39 is 0 Å². The lowest BCUT2D eigenvalue weighted by Gasteiger charge is -2.47. The fraction of sp³-hybridized carbons (Fsp3) is 1.00. The van der Waals surface area contributed by atoms with Crippen LogP contribution in [0.25, 0.3) is 0 Å². The number of likely N-dealkylation sites (tertiary alicyclic amines) is 1. The van der Waals surface area contributed by atoms with Crippen molar-refractivity contribution < 1.29 is 5.11 Å². The predicted octanol–water partition coefficient (Wildman–Crippen LogP) is 5.68. The molecule has 0 amide bonds. The summed E-state index contributed by atoms with van der Waals surface area (Å²) < 4.78 is 0. The minimum Gasteiger partial charge on any atom is -0.390 e. The van der Waals surface area contributed by atoms with Gasteiger partial charge in [-0.25, -0.2) is 0 Å². The highest BCUT2D eigenvalue weighted by Gasteiger charge is 2.56. The van der Waals surface area contributed by atoms with Gasteiger partial charge in [-0.1, -0.05) is 40.5 Å². The number of nitrogens with two attached hydrogens (primary N) is 1. The van der Waals surface area contributed by atoms with Crippen LogP contribution in [0.2, 0.25) is 0 Å². The molecule has 1 saturated heterocycles.